The van der Waals surface area contributed by atoms with E-state index in [2.05, 4.69) is 9.82 Å². The van der Waals surface area contributed by atoms with Crippen LogP contribution >= 0.6 is 0 Å². The number of sulfonamides is 1. The Hall–Kier alpha value is -0.920. The van der Waals surface area contributed by atoms with Crippen molar-refractivity contribution in [1.29, 1.82) is 0 Å². The summed E-state index contributed by atoms with van der Waals surface area (Å²) in [7, 11) is -3.55. The molecule has 0 aromatic carbocycles. The minimum Gasteiger partial charge on any atom is -0.329 e. The second-order valence-electron chi connectivity index (χ2n) is 5.37. The van der Waals surface area contributed by atoms with E-state index in [1.165, 1.54) is 0 Å². The minimum atomic E-state index is -3.55. The molecule has 3 N–H and O–H groups in total. The average molecular weight is 274 g/mol. The number of hydrogen-bond acceptors (Lipinski definition) is 4. The highest BCUT2D eigenvalue weighted by Crippen LogP contribution is 2.20. The third-order valence-electron chi connectivity index (χ3n) is 2.37. The maximum absolute atomic E-state index is 12.3. The highest BCUT2D eigenvalue weighted by Gasteiger charge is 2.28. The molecule has 0 saturated heterocycles. The van der Waals surface area contributed by atoms with Gasteiger partial charge in [0.1, 0.15) is 4.90 Å². The summed E-state index contributed by atoms with van der Waals surface area (Å²) >= 11 is 0. The summed E-state index contributed by atoms with van der Waals surface area (Å²) in [4.78, 5) is 0.255. The third kappa shape index (κ3) is 3.30. The van der Waals surface area contributed by atoms with Crippen LogP contribution in [-0.4, -0.2) is 30.3 Å². The number of nitrogens with one attached hydrogen (secondary N) is 1. The summed E-state index contributed by atoms with van der Waals surface area (Å²) < 4.78 is 28.9. The molecule has 0 aliphatic heterocycles. The van der Waals surface area contributed by atoms with Gasteiger partial charge in [-0.25, -0.2) is 13.1 Å². The van der Waals surface area contributed by atoms with Crippen LogP contribution in [0, 0.1) is 13.8 Å². The molecule has 0 amide bonds. The first kappa shape index (κ1) is 15.1. The van der Waals surface area contributed by atoms with Crippen molar-refractivity contribution in [3.8, 4) is 0 Å². The van der Waals surface area contributed by atoms with Gasteiger partial charge in [0.2, 0.25) is 10.0 Å². The lowest BCUT2D eigenvalue weighted by atomic mass is 10.1. The first-order chi connectivity index (χ1) is 8.08. The average Bonchev–Trinajstić information content (AvgIpc) is 2.38. The van der Waals surface area contributed by atoms with Crippen molar-refractivity contribution in [3.05, 3.63) is 11.4 Å². The zero-order chi connectivity index (χ0) is 14.1. The Labute approximate surface area is 109 Å². The van der Waals surface area contributed by atoms with Gasteiger partial charge < -0.3 is 5.73 Å². The second-order valence-corrected chi connectivity index (χ2v) is 6.99. The number of nitrogens with two attached hydrogens (primary N) is 1. The van der Waals surface area contributed by atoms with E-state index >= 15 is 0 Å². The first-order valence-electron chi connectivity index (χ1n) is 5.86. The largest absolute Gasteiger partial charge is 0.329 e. The van der Waals surface area contributed by atoms with Gasteiger partial charge in [-0.2, -0.15) is 5.10 Å². The molecule has 1 heterocycles. The standard InChI is InChI=1S/C11H22N4O2S/c1-8-10(9(2)15(13-8)7-6-12)18(16,17)14-11(3,4)5/h14H,6-7,12H2,1-5H3. The van der Waals surface area contributed by atoms with Gasteiger partial charge in [-0.1, -0.05) is 0 Å². The molecule has 0 unspecified atom stereocenters. The van der Waals surface area contributed by atoms with Crippen molar-refractivity contribution in [2.24, 2.45) is 5.73 Å². The number of hydrogen-bond donors (Lipinski definition) is 2. The predicted molar refractivity (Wildman–Crippen MR) is 70.8 cm³/mol. The SMILES string of the molecule is Cc1nn(CCN)c(C)c1S(=O)(=O)NC(C)(C)C. The minimum absolute atomic E-state index is 0.255. The number of rotatable bonds is 4. The molecular formula is C11H22N4O2S. The zero-order valence-corrected chi connectivity index (χ0v) is 12.4. The Kier molecular flexibility index (Phi) is 4.19. The molecule has 104 valence electrons. The lowest BCUT2D eigenvalue weighted by Crippen LogP contribution is -2.40. The highest BCUT2D eigenvalue weighted by molar-refractivity contribution is 7.89. The van der Waals surface area contributed by atoms with E-state index in [-0.39, 0.29) is 4.90 Å². The molecule has 6 nitrogen and oxygen atoms in total. The molecular weight excluding hydrogens is 252 g/mol. The van der Waals surface area contributed by atoms with Crippen LogP contribution in [0.4, 0.5) is 0 Å². The van der Waals surface area contributed by atoms with Crippen LogP contribution in [0.2, 0.25) is 0 Å². The summed E-state index contributed by atoms with van der Waals surface area (Å²) in [5, 5.41) is 4.21. The Bertz CT molecular complexity index is 526. The molecule has 0 spiro atoms. The van der Waals surface area contributed by atoms with Crippen molar-refractivity contribution in [3.63, 3.8) is 0 Å². The fourth-order valence-electron chi connectivity index (χ4n) is 1.86. The summed E-state index contributed by atoms with van der Waals surface area (Å²) in [6.07, 6.45) is 0. The van der Waals surface area contributed by atoms with E-state index < -0.39 is 15.6 Å². The van der Waals surface area contributed by atoms with Gasteiger partial charge >= 0.3 is 0 Å². The fraction of sp³-hybridized carbons (Fsp3) is 0.727. The lowest BCUT2D eigenvalue weighted by molar-refractivity contribution is 0.490. The molecule has 1 aromatic rings. The van der Waals surface area contributed by atoms with Gasteiger partial charge in [0, 0.05) is 12.1 Å². The zero-order valence-electron chi connectivity index (χ0n) is 11.6. The molecule has 0 fully saturated rings. The quantitative estimate of drug-likeness (QED) is 0.838. The molecule has 1 aromatic heterocycles. The van der Waals surface area contributed by atoms with Crippen LogP contribution in [0.3, 0.4) is 0 Å². The summed E-state index contributed by atoms with van der Waals surface area (Å²) in [6, 6.07) is 0. The molecule has 0 atom stereocenters. The molecule has 0 radical (unpaired) electrons. The Balaban J connectivity index is 3.25. The van der Waals surface area contributed by atoms with Gasteiger partial charge in [0.15, 0.2) is 0 Å². The number of aryl methyl sites for hydroxylation is 1. The molecule has 0 aliphatic rings. The van der Waals surface area contributed by atoms with Crippen LogP contribution < -0.4 is 10.5 Å². The Morgan fingerprint density at radius 1 is 1.33 bits per heavy atom. The van der Waals surface area contributed by atoms with Crippen molar-refractivity contribution >= 4 is 10.0 Å². The van der Waals surface area contributed by atoms with Crippen LogP contribution in [0.1, 0.15) is 32.2 Å². The third-order valence-corrected chi connectivity index (χ3v) is 4.37. The number of aromatic nitrogens is 2. The molecule has 7 heteroatoms. The van der Waals surface area contributed by atoms with Gasteiger partial charge in [-0.3, -0.25) is 4.68 Å². The van der Waals surface area contributed by atoms with Crippen LogP contribution in [0.5, 0.6) is 0 Å². The number of nitrogens with zero attached hydrogens (tertiary/aromatic N) is 2. The predicted octanol–water partition coefficient (Wildman–Crippen LogP) is 0.535. The molecule has 0 saturated carbocycles. The van der Waals surface area contributed by atoms with Crippen LogP contribution in [0.15, 0.2) is 4.90 Å². The smallest absolute Gasteiger partial charge is 0.244 e. The second kappa shape index (κ2) is 4.99. The maximum Gasteiger partial charge on any atom is 0.244 e. The van der Waals surface area contributed by atoms with Crippen LogP contribution in [0.25, 0.3) is 0 Å². The van der Waals surface area contributed by atoms with E-state index in [0.717, 1.165) is 0 Å². The van der Waals surface area contributed by atoms with Gasteiger partial charge in [0.25, 0.3) is 0 Å². The van der Waals surface area contributed by atoms with Crippen molar-refractivity contribution < 1.29 is 8.42 Å². The van der Waals surface area contributed by atoms with Crippen molar-refractivity contribution in [2.75, 3.05) is 6.54 Å². The van der Waals surface area contributed by atoms with Gasteiger partial charge in [0.05, 0.1) is 17.9 Å². The molecule has 18 heavy (non-hydrogen) atoms. The maximum atomic E-state index is 12.3. The van der Waals surface area contributed by atoms with E-state index in [1.807, 2.05) is 0 Å². The normalized spacial score (nSPS) is 13.0. The summed E-state index contributed by atoms with van der Waals surface area (Å²) in [6.45, 7) is 9.79. The topological polar surface area (TPSA) is 90.0 Å². The van der Waals surface area contributed by atoms with Crippen LogP contribution in [-0.2, 0) is 16.6 Å². The summed E-state index contributed by atoms with van der Waals surface area (Å²) in [5.74, 6) is 0. The van der Waals surface area contributed by atoms with Gasteiger partial charge in [-0.05, 0) is 34.6 Å². The fourth-order valence-corrected chi connectivity index (χ4v) is 3.70. The first-order valence-corrected chi connectivity index (χ1v) is 7.35. The van der Waals surface area contributed by atoms with E-state index in [0.29, 0.717) is 24.5 Å². The highest BCUT2D eigenvalue weighted by atomic mass is 32.2. The van der Waals surface area contributed by atoms with Crippen molar-refractivity contribution in [1.82, 2.24) is 14.5 Å². The monoisotopic (exact) mass is 274 g/mol. The molecule has 1 rings (SSSR count). The lowest BCUT2D eigenvalue weighted by Gasteiger charge is -2.20. The summed E-state index contributed by atoms with van der Waals surface area (Å²) in [5.41, 5.74) is 6.07. The Morgan fingerprint density at radius 3 is 2.33 bits per heavy atom. The van der Waals surface area contributed by atoms with E-state index in [1.54, 1.807) is 39.3 Å². The molecule has 0 bridgehead atoms. The van der Waals surface area contributed by atoms with E-state index in [4.69, 9.17) is 5.73 Å². The van der Waals surface area contributed by atoms with E-state index in [9.17, 15) is 8.42 Å². The molecule has 0 aliphatic carbocycles. The van der Waals surface area contributed by atoms with Crippen molar-refractivity contribution in [2.45, 2.75) is 51.6 Å². The Morgan fingerprint density at radius 2 is 1.89 bits per heavy atom. The van der Waals surface area contributed by atoms with Gasteiger partial charge in [-0.15, -0.1) is 0 Å².